The number of amides is 1. The normalized spacial score (nSPS) is 18.4. The summed E-state index contributed by atoms with van der Waals surface area (Å²) in [6, 6.07) is 3.75. The standard InChI is InChI=1S/C19H26N6O4/c1-12(2)21-19(27)29-15-4-3-13(9-15)16-10-17(25-24-16)23-18-20-7-5-14(22-18)6-8-28-11-26/h5,7,10-13,15H,3-4,6,8-9H2,1-2H3,(H,21,27)(H2,20,22,23,24,25)/t13-,15+/m0/s1. The fraction of sp³-hybridized carbons (Fsp3) is 0.526. The zero-order chi connectivity index (χ0) is 20.6. The summed E-state index contributed by atoms with van der Waals surface area (Å²) in [5.41, 5.74) is 1.74. The zero-order valence-corrected chi connectivity index (χ0v) is 16.6. The van der Waals surface area contributed by atoms with E-state index in [1.54, 1.807) is 12.3 Å². The Morgan fingerprint density at radius 3 is 3.07 bits per heavy atom. The minimum atomic E-state index is -0.367. The molecule has 3 rings (SSSR count). The second-order valence-electron chi connectivity index (χ2n) is 7.26. The number of hydrogen-bond acceptors (Lipinski definition) is 8. The van der Waals surface area contributed by atoms with Crippen LogP contribution in [0.25, 0.3) is 0 Å². The number of hydrogen-bond donors (Lipinski definition) is 3. The van der Waals surface area contributed by atoms with Crippen LogP contribution < -0.4 is 10.6 Å². The molecule has 0 bridgehead atoms. The molecule has 2 aromatic heterocycles. The van der Waals surface area contributed by atoms with Gasteiger partial charge in [0.2, 0.25) is 5.95 Å². The molecule has 3 N–H and O–H groups in total. The van der Waals surface area contributed by atoms with Gasteiger partial charge in [0, 0.05) is 42.0 Å². The SMILES string of the molecule is CC(C)NC(=O)O[C@@H]1CC[C@H](c2cc(Nc3nccc(CCOC=O)n3)n[nH]2)C1. The zero-order valence-electron chi connectivity index (χ0n) is 16.6. The van der Waals surface area contributed by atoms with Crippen LogP contribution in [0.15, 0.2) is 18.3 Å². The number of aromatic nitrogens is 4. The minimum absolute atomic E-state index is 0.0548. The van der Waals surface area contributed by atoms with Crippen molar-refractivity contribution in [1.29, 1.82) is 0 Å². The molecule has 0 aromatic carbocycles. The number of nitrogens with zero attached hydrogens (tertiary/aromatic N) is 3. The molecule has 156 valence electrons. The third-order valence-electron chi connectivity index (χ3n) is 4.60. The summed E-state index contributed by atoms with van der Waals surface area (Å²) in [7, 11) is 0. The summed E-state index contributed by atoms with van der Waals surface area (Å²) in [5, 5.41) is 13.1. The summed E-state index contributed by atoms with van der Waals surface area (Å²) in [6.07, 6.45) is 4.20. The van der Waals surface area contributed by atoms with Gasteiger partial charge in [-0.3, -0.25) is 9.89 Å². The van der Waals surface area contributed by atoms with Crippen molar-refractivity contribution in [3.05, 3.63) is 29.7 Å². The minimum Gasteiger partial charge on any atom is -0.467 e. The molecule has 1 fully saturated rings. The number of rotatable bonds is 9. The highest BCUT2D eigenvalue weighted by Crippen LogP contribution is 2.36. The Hall–Kier alpha value is -3.17. The first-order valence-electron chi connectivity index (χ1n) is 9.70. The van der Waals surface area contributed by atoms with Crippen LogP contribution in [-0.4, -0.2) is 51.5 Å². The first-order valence-corrected chi connectivity index (χ1v) is 9.70. The molecule has 0 radical (unpaired) electrons. The molecule has 10 heteroatoms. The van der Waals surface area contributed by atoms with E-state index in [1.807, 2.05) is 19.9 Å². The highest BCUT2D eigenvalue weighted by molar-refractivity contribution is 5.67. The Labute approximate surface area is 168 Å². The van der Waals surface area contributed by atoms with Crippen LogP contribution >= 0.6 is 0 Å². The summed E-state index contributed by atoms with van der Waals surface area (Å²) < 4.78 is 10.2. The van der Waals surface area contributed by atoms with Crippen molar-refractivity contribution in [3.63, 3.8) is 0 Å². The van der Waals surface area contributed by atoms with E-state index in [-0.39, 0.29) is 30.8 Å². The van der Waals surface area contributed by atoms with Gasteiger partial charge in [-0.2, -0.15) is 5.10 Å². The quantitative estimate of drug-likeness (QED) is 0.430. The molecule has 2 atom stereocenters. The molecule has 29 heavy (non-hydrogen) atoms. The second kappa shape index (κ2) is 9.85. The van der Waals surface area contributed by atoms with Crippen molar-refractivity contribution < 1.29 is 19.1 Å². The van der Waals surface area contributed by atoms with E-state index >= 15 is 0 Å². The van der Waals surface area contributed by atoms with Crippen molar-refractivity contribution in [2.45, 2.75) is 57.6 Å². The fourth-order valence-electron chi connectivity index (χ4n) is 3.28. The Morgan fingerprint density at radius 2 is 2.28 bits per heavy atom. The molecule has 0 saturated heterocycles. The number of carbonyl (C=O) groups is 2. The molecule has 1 amide bonds. The van der Waals surface area contributed by atoms with Gasteiger partial charge < -0.3 is 20.1 Å². The maximum Gasteiger partial charge on any atom is 0.407 e. The number of alkyl carbamates (subject to hydrolysis) is 1. The van der Waals surface area contributed by atoms with Crippen LogP contribution in [0.4, 0.5) is 16.6 Å². The van der Waals surface area contributed by atoms with E-state index in [9.17, 15) is 9.59 Å². The fourth-order valence-corrected chi connectivity index (χ4v) is 3.28. The van der Waals surface area contributed by atoms with E-state index in [2.05, 4.69) is 30.8 Å². The van der Waals surface area contributed by atoms with E-state index < -0.39 is 0 Å². The van der Waals surface area contributed by atoms with Crippen LogP contribution in [-0.2, 0) is 20.7 Å². The van der Waals surface area contributed by atoms with Crippen LogP contribution in [0.3, 0.4) is 0 Å². The summed E-state index contributed by atoms with van der Waals surface area (Å²) in [6.45, 7) is 4.49. The van der Waals surface area contributed by atoms with Crippen LogP contribution in [0.5, 0.6) is 0 Å². The molecular weight excluding hydrogens is 376 g/mol. The lowest BCUT2D eigenvalue weighted by Crippen LogP contribution is -2.33. The molecular formula is C19H26N6O4. The van der Waals surface area contributed by atoms with Gasteiger partial charge in [0.1, 0.15) is 6.10 Å². The molecule has 1 saturated carbocycles. The predicted molar refractivity (Wildman–Crippen MR) is 105 cm³/mol. The van der Waals surface area contributed by atoms with Gasteiger partial charge in [-0.15, -0.1) is 0 Å². The number of aromatic amines is 1. The largest absolute Gasteiger partial charge is 0.467 e. The van der Waals surface area contributed by atoms with Crippen LogP contribution in [0.1, 0.15) is 50.4 Å². The summed E-state index contributed by atoms with van der Waals surface area (Å²) in [4.78, 5) is 30.6. The van der Waals surface area contributed by atoms with Gasteiger partial charge in [0.15, 0.2) is 5.82 Å². The summed E-state index contributed by atoms with van der Waals surface area (Å²) in [5.74, 6) is 1.29. The van der Waals surface area contributed by atoms with Gasteiger partial charge in [0.25, 0.3) is 6.47 Å². The third kappa shape index (κ3) is 6.16. The molecule has 0 spiro atoms. The Morgan fingerprint density at radius 1 is 1.41 bits per heavy atom. The monoisotopic (exact) mass is 402 g/mol. The number of nitrogens with one attached hydrogen (secondary N) is 3. The van der Waals surface area contributed by atoms with E-state index in [0.717, 1.165) is 30.7 Å². The lowest BCUT2D eigenvalue weighted by atomic mass is 10.0. The lowest BCUT2D eigenvalue weighted by Gasteiger charge is -2.14. The lowest BCUT2D eigenvalue weighted by molar-refractivity contribution is -0.128. The van der Waals surface area contributed by atoms with Gasteiger partial charge in [-0.25, -0.2) is 14.8 Å². The van der Waals surface area contributed by atoms with Crippen LogP contribution in [0.2, 0.25) is 0 Å². The number of anilines is 2. The maximum atomic E-state index is 11.8. The van der Waals surface area contributed by atoms with Crippen molar-refractivity contribution >= 4 is 24.3 Å². The van der Waals surface area contributed by atoms with Gasteiger partial charge >= 0.3 is 6.09 Å². The molecule has 10 nitrogen and oxygen atoms in total. The smallest absolute Gasteiger partial charge is 0.407 e. The highest BCUT2D eigenvalue weighted by atomic mass is 16.6. The van der Waals surface area contributed by atoms with Crippen molar-refractivity contribution in [3.8, 4) is 0 Å². The number of ether oxygens (including phenoxy) is 2. The van der Waals surface area contributed by atoms with Gasteiger partial charge in [0.05, 0.1) is 6.61 Å². The van der Waals surface area contributed by atoms with Crippen molar-refractivity contribution in [2.75, 3.05) is 11.9 Å². The molecule has 2 aromatic rings. The molecule has 0 unspecified atom stereocenters. The summed E-state index contributed by atoms with van der Waals surface area (Å²) >= 11 is 0. The van der Waals surface area contributed by atoms with Crippen molar-refractivity contribution in [1.82, 2.24) is 25.5 Å². The average molecular weight is 402 g/mol. The number of H-pyrrole nitrogens is 1. The van der Waals surface area contributed by atoms with E-state index in [0.29, 0.717) is 24.7 Å². The molecule has 2 heterocycles. The Kier molecular flexibility index (Phi) is 6.99. The van der Waals surface area contributed by atoms with E-state index in [1.165, 1.54) is 0 Å². The maximum absolute atomic E-state index is 11.8. The van der Waals surface area contributed by atoms with Gasteiger partial charge in [-0.05, 0) is 39.2 Å². The van der Waals surface area contributed by atoms with Crippen molar-refractivity contribution in [2.24, 2.45) is 0 Å². The number of carbonyl (C=O) groups excluding carboxylic acids is 2. The first-order chi connectivity index (χ1) is 14.0. The Bertz CT molecular complexity index is 825. The molecule has 0 aliphatic heterocycles. The second-order valence-corrected chi connectivity index (χ2v) is 7.26. The molecule has 1 aliphatic carbocycles. The highest BCUT2D eigenvalue weighted by Gasteiger charge is 2.30. The van der Waals surface area contributed by atoms with Crippen LogP contribution in [0, 0.1) is 0 Å². The predicted octanol–water partition coefficient (Wildman–Crippen LogP) is 2.43. The third-order valence-corrected chi connectivity index (χ3v) is 4.60. The first kappa shape index (κ1) is 20.6. The topological polar surface area (TPSA) is 131 Å². The van der Waals surface area contributed by atoms with Gasteiger partial charge in [-0.1, -0.05) is 0 Å². The Balaban J connectivity index is 1.53. The average Bonchev–Trinajstić information content (AvgIpc) is 3.31. The molecule has 1 aliphatic rings. The van der Waals surface area contributed by atoms with E-state index in [4.69, 9.17) is 9.47 Å².